The van der Waals surface area contributed by atoms with Gasteiger partial charge in [0.15, 0.2) is 0 Å². The van der Waals surface area contributed by atoms with E-state index in [0.717, 1.165) is 23.2 Å². The van der Waals surface area contributed by atoms with E-state index < -0.39 is 5.97 Å². The molecule has 1 aliphatic rings. The van der Waals surface area contributed by atoms with Gasteiger partial charge in [-0.05, 0) is 87.7 Å². The van der Waals surface area contributed by atoms with Crippen LogP contribution in [0, 0.1) is 6.92 Å². The van der Waals surface area contributed by atoms with Crippen molar-refractivity contribution in [2.24, 2.45) is 0 Å². The number of fused-ring (bicyclic) bond motifs is 2. The number of hydrogen-bond acceptors (Lipinski definition) is 2. The number of hydrogen-bond donors (Lipinski definition) is 1. The quantitative estimate of drug-likeness (QED) is 0.388. The molecule has 1 heterocycles. The van der Waals surface area contributed by atoms with Gasteiger partial charge in [0, 0.05) is 17.5 Å². The number of carboxylic acid groups (broad SMARTS) is 1. The van der Waals surface area contributed by atoms with Crippen molar-refractivity contribution in [3.05, 3.63) is 107 Å². The van der Waals surface area contributed by atoms with E-state index in [-0.39, 0.29) is 5.41 Å². The molecule has 0 radical (unpaired) electrons. The smallest absolute Gasteiger partial charge is 0.335 e. The molecule has 1 aromatic heterocycles. The fourth-order valence-electron chi connectivity index (χ4n) is 4.75. The molecule has 5 rings (SSSR count). The van der Waals surface area contributed by atoms with E-state index in [0.29, 0.717) is 5.56 Å². The minimum Gasteiger partial charge on any atom is -0.478 e. The van der Waals surface area contributed by atoms with Crippen LogP contribution in [0.2, 0.25) is 0 Å². The first-order valence-corrected chi connectivity index (χ1v) is 10.9. The highest BCUT2D eigenvalue weighted by Crippen LogP contribution is 2.44. The summed E-state index contributed by atoms with van der Waals surface area (Å²) < 4.78 is 0. The van der Waals surface area contributed by atoms with Crippen molar-refractivity contribution in [2.75, 3.05) is 0 Å². The first kappa shape index (κ1) is 20.2. The van der Waals surface area contributed by atoms with Gasteiger partial charge < -0.3 is 5.11 Å². The van der Waals surface area contributed by atoms with Crippen LogP contribution >= 0.6 is 0 Å². The van der Waals surface area contributed by atoms with E-state index >= 15 is 0 Å². The Kier molecular flexibility index (Phi) is 4.70. The van der Waals surface area contributed by atoms with Crippen LogP contribution in [0.1, 0.15) is 53.0 Å². The second-order valence-corrected chi connectivity index (χ2v) is 9.15. The minimum absolute atomic E-state index is 0.0439. The van der Waals surface area contributed by atoms with Crippen LogP contribution in [-0.2, 0) is 5.41 Å². The van der Waals surface area contributed by atoms with Gasteiger partial charge in [-0.1, -0.05) is 56.3 Å². The van der Waals surface area contributed by atoms with Gasteiger partial charge in [0.25, 0.3) is 0 Å². The maximum atomic E-state index is 11.3. The molecule has 0 saturated heterocycles. The Labute approximate surface area is 188 Å². The van der Waals surface area contributed by atoms with E-state index in [1.807, 2.05) is 24.4 Å². The third-order valence-electron chi connectivity index (χ3n) is 6.59. The molecule has 0 unspecified atom stereocenters. The molecule has 3 heteroatoms. The second-order valence-electron chi connectivity index (χ2n) is 9.15. The van der Waals surface area contributed by atoms with Gasteiger partial charge in [-0.3, -0.25) is 4.98 Å². The second kappa shape index (κ2) is 7.45. The van der Waals surface area contributed by atoms with E-state index in [1.54, 1.807) is 12.1 Å². The first-order valence-electron chi connectivity index (χ1n) is 10.9. The van der Waals surface area contributed by atoms with Crippen molar-refractivity contribution in [1.82, 2.24) is 4.98 Å². The minimum atomic E-state index is -0.910. The van der Waals surface area contributed by atoms with Gasteiger partial charge >= 0.3 is 5.97 Å². The molecule has 4 aromatic rings. The number of aryl methyl sites for hydroxylation is 1. The van der Waals surface area contributed by atoms with E-state index in [2.05, 4.69) is 68.2 Å². The van der Waals surface area contributed by atoms with Gasteiger partial charge in [0.05, 0.1) is 5.56 Å². The molecule has 1 N–H and O–H groups in total. The zero-order chi connectivity index (χ0) is 22.5. The summed E-state index contributed by atoms with van der Waals surface area (Å²) in [5.74, 6) is -0.910. The van der Waals surface area contributed by atoms with Crippen molar-refractivity contribution in [1.29, 1.82) is 0 Å². The number of nitrogens with zero attached hydrogens (tertiary/aromatic N) is 1. The molecular formula is C29H25NO2. The Morgan fingerprint density at radius 1 is 0.938 bits per heavy atom. The van der Waals surface area contributed by atoms with Crippen LogP contribution in [0.3, 0.4) is 0 Å². The largest absolute Gasteiger partial charge is 0.478 e. The molecular weight excluding hydrogens is 394 g/mol. The number of benzene rings is 3. The Balaban J connectivity index is 1.75. The predicted molar refractivity (Wildman–Crippen MR) is 130 cm³/mol. The molecule has 0 aliphatic heterocycles. The van der Waals surface area contributed by atoms with Crippen LogP contribution in [0.4, 0.5) is 0 Å². The number of aromatic carboxylic acids is 1. The van der Waals surface area contributed by atoms with Crippen molar-refractivity contribution in [2.45, 2.75) is 32.6 Å². The molecule has 32 heavy (non-hydrogen) atoms. The van der Waals surface area contributed by atoms with Crippen LogP contribution in [0.15, 0.2) is 79.0 Å². The highest BCUT2D eigenvalue weighted by Gasteiger charge is 2.29. The monoisotopic (exact) mass is 419 g/mol. The highest BCUT2D eigenvalue weighted by molar-refractivity contribution is 6.01. The summed E-state index contributed by atoms with van der Waals surface area (Å²) in [4.78, 5) is 15.8. The summed E-state index contributed by atoms with van der Waals surface area (Å²) in [7, 11) is 0. The highest BCUT2D eigenvalue weighted by atomic mass is 16.4. The topological polar surface area (TPSA) is 50.2 Å². The first-order chi connectivity index (χ1) is 15.3. The molecule has 0 bridgehead atoms. The van der Waals surface area contributed by atoms with Crippen molar-refractivity contribution in [3.63, 3.8) is 0 Å². The molecule has 158 valence electrons. The zero-order valence-electron chi connectivity index (χ0n) is 18.5. The molecule has 0 amide bonds. The summed E-state index contributed by atoms with van der Waals surface area (Å²) in [6.07, 6.45) is 5.17. The van der Waals surface area contributed by atoms with Gasteiger partial charge in [0.1, 0.15) is 0 Å². The van der Waals surface area contributed by atoms with Gasteiger partial charge in [-0.25, -0.2) is 4.79 Å². The van der Waals surface area contributed by atoms with E-state index in [4.69, 9.17) is 0 Å². The van der Waals surface area contributed by atoms with Gasteiger partial charge in [-0.2, -0.15) is 0 Å². The number of carboxylic acids is 1. The predicted octanol–water partition coefficient (Wildman–Crippen LogP) is 7.02. The number of allylic oxidation sites excluding steroid dienone is 1. The maximum absolute atomic E-state index is 11.3. The van der Waals surface area contributed by atoms with Crippen molar-refractivity contribution >= 4 is 22.3 Å². The van der Waals surface area contributed by atoms with E-state index in [9.17, 15) is 9.90 Å². The normalized spacial score (nSPS) is 14.7. The fourth-order valence-corrected chi connectivity index (χ4v) is 4.75. The standard InChI is InChI=1S/C29H25NO2/c1-18-22(8-5-15-30-18)24-13-14-29(2,3)27-16-21-6-4-7-23(25(21)17-26(24)27)19-9-11-20(12-10-19)28(31)32/h4-13,15-17H,14H2,1-3H3,(H,31,32). The Morgan fingerprint density at radius 2 is 1.69 bits per heavy atom. The number of carbonyl (C=O) groups is 1. The van der Waals surface area contributed by atoms with Crippen molar-refractivity contribution < 1.29 is 9.90 Å². The molecule has 0 fully saturated rings. The molecule has 3 aromatic carbocycles. The lowest BCUT2D eigenvalue weighted by Gasteiger charge is -2.33. The van der Waals surface area contributed by atoms with E-state index in [1.165, 1.54) is 33.0 Å². The molecule has 0 saturated carbocycles. The van der Waals surface area contributed by atoms with Crippen molar-refractivity contribution in [3.8, 4) is 11.1 Å². The molecule has 0 spiro atoms. The summed E-state index contributed by atoms with van der Waals surface area (Å²) in [6, 6.07) is 22.3. The van der Waals surface area contributed by atoms with Crippen LogP contribution in [-0.4, -0.2) is 16.1 Å². The van der Waals surface area contributed by atoms with Crippen LogP contribution in [0.25, 0.3) is 27.5 Å². The van der Waals surface area contributed by atoms with Gasteiger partial charge in [0.2, 0.25) is 0 Å². The number of rotatable bonds is 3. The molecule has 0 atom stereocenters. The molecule has 3 nitrogen and oxygen atoms in total. The fraction of sp³-hybridized carbons (Fsp3) is 0.172. The average Bonchev–Trinajstić information content (AvgIpc) is 2.79. The number of pyridine rings is 1. The third-order valence-corrected chi connectivity index (χ3v) is 6.59. The Hall–Kier alpha value is -3.72. The molecule has 1 aliphatic carbocycles. The SMILES string of the molecule is Cc1ncccc1C1=CCC(C)(C)c2cc3cccc(-c4ccc(C(=O)O)cc4)c3cc21. The summed E-state index contributed by atoms with van der Waals surface area (Å²) in [5.41, 5.74) is 8.50. The third kappa shape index (κ3) is 3.31. The summed E-state index contributed by atoms with van der Waals surface area (Å²) in [5, 5.41) is 11.6. The lowest BCUT2D eigenvalue weighted by atomic mass is 9.71. The summed E-state index contributed by atoms with van der Waals surface area (Å²) >= 11 is 0. The Morgan fingerprint density at radius 3 is 2.41 bits per heavy atom. The van der Waals surface area contributed by atoms with Crippen LogP contribution < -0.4 is 0 Å². The summed E-state index contributed by atoms with van der Waals surface area (Å²) in [6.45, 7) is 6.66. The lowest BCUT2D eigenvalue weighted by Crippen LogP contribution is -2.22. The van der Waals surface area contributed by atoms with Crippen LogP contribution in [0.5, 0.6) is 0 Å². The number of aromatic nitrogens is 1. The Bertz CT molecular complexity index is 1390. The lowest BCUT2D eigenvalue weighted by molar-refractivity contribution is 0.0697. The van der Waals surface area contributed by atoms with Gasteiger partial charge in [-0.15, -0.1) is 0 Å². The maximum Gasteiger partial charge on any atom is 0.335 e. The zero-order valence-corrected chi connectivity index (χ0v) is 18.5. The average molecular weight is 420 g/mol.